The Hall–Kier alpha value is -1.59. The summed E-state index contributed by atoms with van der Waals surface area (Å²) in [7, 11) is 0. The fourth-order valence-electron chi connectivity index (χ4n) is 1.86. The Morgan fingerprint density at radius 3 is 2.70 bits per heavy atom. The highest BCUT2D eigenvalue weighted by molar-refractivity contribution is 7.21. The summed E-state index contributed by atoms with van der Waals surface area (Å²) >= 11 is 7.51. The first-order chi connectivity index (χ1) is 9.54. The van der Waals surface area contributed by atoms with Crippen LogP contribution in [0.15, 0.2) is 24.3 Å². The van der Waals surface area contributed by atoms with E-state index in [0.29, 0.717) is 16.3 Å². The Morgan fingerprint density at radius 1 is 1.40 bits per heavy atom. The van der Waals surface area contributed by atoms with Crippen LogP contribution >= 0.6 is 22.9 Å². The molecule has 1 heterocycles. The van der Waals surface area contributed by atoms with Gasteiger partial charge in [0, 0.05) is 16.6 Å². The average molecular weight is 312 g/mol. The van der Waals surface area contributed by atoms with E-state index < -0.39 is 11.9 Å². The molecular weight excluding hydrogens is 298 g/mol. The molecule has 1 aromatic carbocycles. The number of nitrogens with one attached hydrogen (secondary N) is 1. The molecule has 0 radical (unpaired) electrons. The van der Waals surface area contributed by atoms with Crippen molar-refractivity contribution < 1.29 is 14.7 Å². The van der Waals surface area contributed by atoms with Crippen molar-refractivity contribution in [2.75, 3.05) is 6.54 Å². The molecule has 1 aromatic heterocycles. The molecule has 1 amide bonds. The summed E-state index contributed by atoms with van der Waals surface area (Å²) in [4.78, 5) is 23.4. The fraction of sp³-hybridized carbons (Fsp3) is 0.286. The average Bonchev–Trinajstić information content (AvgIpc) is 2.77. The number of benzene rings is 1. The number of halogens is 1. The highest BCUT2D eigenvalue weighted by Crippen LogP contribution is 2.34. The Balaban J connectivity index is 2.15. The van der Waals surface area contributed by atoms with Gasteiger partial charge in [0.15, 0.2) is 0 Å². The van der Waals surface area contributed by atoms with Gasteiger partial charge in [-0.25, -0.2) is 0 Å². The number of hydrogen-bond acceptors (Lipinski definition) is 3. The number of amides is 1. The molecule has 0 aliphatic carbocycles. The fourth-order valence-corrected chi connectivity index (χ4v) is 3.30. The van der Waals surface area contributed by atoms with E-state index in [9.17, 15) is 9.59 Å². The van der Waals surface area contributed by atoms with Gasteiger partial charge in [-0.2, -0.15) is 0 Å². The smallest absolute Gasteiger partial charge is 0.308 e. The van der Waals surface area contributed by atoms with E-state index in [0.717, 1.165) is 10.1 Å². The van der Waals surface area contributed by atoms with Crippen molar-refractivity contribution in [3.63, 3.8) is 0 Å². The maximum atomic E-state index is 12.1. The predicted molar refractivity (Wildman–Crippen MR) is 80.6 cm³/mol. The van der Waals surface area contributed by atoms with Crippen LogP contribution in [0.25, 0.3) is 10.1 Å². The topological polar surface area (TPSA) is 66.4 Å². The van der Waals surface area contributed by atoms with Crippen molar-refractivity contribution in [2.45, 2.75) is 13.3 Å². The van der Waals surface area contributed by atoms with E-state index in [-0.39, 0.29) is 12.5 Å². The van der Waals surface area contributed by atoms with Crippen LogP contribution in [0, 0.1) is 5.92 Å². The predicted octanol–water partition coefficient (Wildman–Crippen LogP) is 3.40. The van der Waals surface area contributed by atoms with E-state index in [4.69, 9.17) is 16.7 Å². The van der Waals surface area contributed by atoms with Gasteiger partial charge in [0.2, 0.25) is 0 Å². The van der Waals surface area contributed by atoms with Gasteiger partial charge in [0.05, 0.1) is 10.9 Å². The number of aliphatic carboxylic acids is 1. The lowest BCUT2D eigenvalue weighted by molar-refractivity contribution is -0.141. The summed E-state index contributed by atoms with van der Waals surface area (Å²) in [6.45, 7) is 1.88. The SMILES string of the molecule is CCC(CNC(=O)c1sc2ccccc2c1Cl)C(=O)O. The van der Waals surface area contributed by atoms with Crippen LogP contribution in [0.3, 0.4) is 0 Å². The zero-order valence-corrected chi connectivity index (χ0v) is 12.4. The summed E-state index contributed by atoms with van der Waals surface area (Å²) < 4.78 is 0.938. The molecule has 2 rings (SSSR count). The summed E-state index contributed by atoms with van der Waals surface area (Å²) in [6, 6.07) is 7.50. The van der Waals surface area contributed by atoms with Gasteiger partial charge in [-0.1, -0.05) is 36.7 Å². The molecule has 1 atom stereocenters. The Bertz CT molecular complexity index is 653. The van der Waals surface area contributed by atoms with E-state index in [1.807, 2.05) is 24.3 Å². The van der Waals surface area contributed by atoms with Crippen LogP contribution in [0.1, 0.15) is 23.0 Å². The first-order valence-corrected chi connectivity index (χ1v) is 7.42. The van der Waals surface area contributed by atoms with Crippen LogP contribution in [0.2, 0.25) is 5.02 Å². The molecule has 0 saturated carbocycles. The maximum Gasteiger partial charge on any atom is 0.308 e. The Kier molecular flexibility index (Phi) is 4.62. The molecule has 0 saturated heterocycles. The van der Waals surface area contributed by atoms with Gasteiger partial charge >= 0.3 is 5.97 Å². The van der Waals surface area contributed by atoms with Crippen LogP contribution in [-0.4, -0.2) is 23.5 Å². The van der Waals surface area contributed by atoms with Crippen molar-refractivity contribution in [1.29, 1.82) is 0 Å². The number of thiophene rings is 1. The highest BCUT2D eigenvalue weighted by Gasteiger charge is 2.20. The van der Waals surface area contributed by atoms with E-state index in [1.54, 1.807) is 6.92 Å². The van der Waals surface area contributed by atoms with Crippen molar-refractivity contribution in [2.24, 2.45) is 5.92 Å². The zero-order valence-electron chi connectivity index (χ0n) is 10.9. The van der Waals surface area contributed by atoms with Gasteiger partial charge in [-0.05, 0) is 12.5 Å². The second-order valence-corrected chi connectivity index (χ2v) is 5.82. The molecule has 20 heavy (non-hydrogen) atoms. The van der Waals surface area contributed by atoms with Crippen molar-refractivity contribution in [3.05, 3.63) is 34.2 Å². The second kappa shape index (κ2) is 6.24. The lowest BCUT2D eigenvalue weighted by Gasteiger charge is -2.10. The molecule has 2 aromatic rings. The van der Waals surface area contributed by atoms with E-state index in [2.05, 4.69) is 5.32 Å². The van der Waals surface area contributed by atoms with Crippen molar-refractivity contribution in [3.8, 4) is 0 Å². The monoisotopic (exact) mass is 311 g/mol. The lowest BCUT2D eigenvalue weighted by atomic mass is 10.1. The molecule has 0 spiro atoms. The number of carboxylic acids is 1. The minimum atomic E-state index is -0.907. The standard InChI is InChI=1S/C14H14ClNO3S/c1-2-8(14(18)19)7-16-13(17)12-11(15)9-5-3-4-6-10(9)20-12/h3-6,8H,2,7H2,1H3,(H,16,17)(H,18,19). The Morgan fingerprint density at radius 2 is 2.10 bits per heavy atom. The third-order valence-corrected chi connectivity index (χ3v) is 4.77. The number of fused-ring (bicyclic) bond motifs is 1. The number of carbonyl (C=O) groups is 2. The molecule has 1 unspecified atom stereocenters. The van der Waals surface area contributed by atoms with Gasteiger partial charge in [-0.15, -0.1) is 11.3 Å². The van der Waals surface area contributed by atoms with Crippen LogP contribution in [-0.2, 0) is 4.79 Å². The summed E-state index contributed by atoms with van der Waals surface area (Å²) in [5.74, 6) is -1.81. The molecule has 0 fully saturated rings. The van der Waals surface area contributed by atoms with Gasteiger partial charge in [0.25, 0.3) is 5.91 Å². The first kappa shape index (κ1) is 14.8. The molecule has 4 nitrogen and oxygen atoms in total. The molecule has 2 N–H and O–H groups in total. The summed E-state index contributed by atoms with van der Waals surface area (Å²) in [5, 5.41) is 12.9. The first-order valence-electron chi connectivity index (χ1n) is 6.22. The largest absolute Gasteiger partial charge is 0.481 e. The molecule has 6 heteroatoms. The Labute approximate surface area is 125 Å². The van der Waals surface area contributed by atoms with E-state index in [1.165, 1.54) is 11.3 Å². The van der Waals surface area contributed by atoms with Gasteiger partial charge in [0.1, 0.15) is 4.88 Å². The quantitative estimate of drug-likeness (QED) is 0.889. The minimum absolute atomic E-state index is 0.106. The third-order valence-electron chi connectivity index (χ3n) is 3.09. The van der Waals surface area contributed by atoms with Crippen molar-refractivity contribution >= 4 is 44.9 Å². The number of carboxylic acid groups (broad SMARTS) is 1. The number of hydrogen-bond donors (Lipinski definition) is 2. The minimum Gasteiger partial charge on any atom is -0.481 e. The van der Waals surface area contributed by atoms with Gasteiger partial charge in [-0.3, -0.25) is 9.59 Å². The molecule has 0 aliphatic heterocycles. The van der Waals surface area contributed by atoms with Crippen LogP contribution in [0.5, 0.6) is 0 Å². The summed E-state index contributed by atoms with van der Waals surface area (Å²) in [6.07, 6.45) is 0.468. The maximum absolute atomic E-state index is 12.1. The number of rotatable bonds is 5. The van der Waals surface area contributed by atoms with Gasteiger partial charge < -0.3 is 10.4 Å². The van der Waals surface area contributed by atoms with E-state index >= 15 is 0 Å². The second-order valence-electron chi connectivity index (χ2n) is 4.39. The van der Waals surface area contributed by atoms with Crippen LogP contribution in [0.4, 0.5) is 0 Å². The highest BCUT2D eigenvalue weighted by atomic mass is 35.5. The third kappa shape index (κ3) is 2.94. The molecule has 0 aliphatic rings. The lowest BCUT2D eigenvalue weighted by Crippen LogP contribution is -2.32. The molecule has 0 bridgehead atoms. The number of carbonyl (C=O) groups excluding carboxylic acids is 1. The molecular formula is C14H14ClNO3S. The zero-order chi connectivity index (χ0) is 14.7. The summed E-state index contributed by atoms with van der Waals surface area (Å²) in [5.41, 5.74) is 0. The normalized spacial score (nSPS) is 12.3. The van der Waals surface area contributed by atoms with Crippen molar-refractivity contribution in [1.82, 2.24) is 5.32 Å². The molecule has 106 valence electrons. The van der Waals surface area contributed by atoms with Crippen LogP contribution < -0.4 is 5.32 Å².